The molecule has 118 valence electrons. The Balaban J connectivity index is 1.88. The quantitative estimate of drug-likeness (QED) is 0.861. The number of nitrogens with zero attached hydrogens (tertiary/aromatic N) is 1. The third-order valence-corrected chi connectivity index (χ3v) is 5.08. The molecule has 0 amide bonds. The first-order valence-corrected chi connectivity index (χ1v) is 9.08. The minimum Gasteiger partial charge on any atom is -0.312 e. The second kappa shape index (κ2) is 7.66. The standard InChI is InChI=1S/C18H30N2S/c1-15(2)11-19-12-16-6-5-7-17(10-16)13-20-8-9-21-18(3,4)14-20/h5-7,10,15,19H,8-9,11-14H2,1-4H3. The van der Waals surface area contributed by atoms with Crippen molar-refractivity contribution in [3.63, 3.8) is 0 Å². The van der Waals surface area contributed by atoms with Crippen LogP contribution >= 0.6 is 11.8 Å². The van der Waals surface area contributed by atoms with E-state index in [0.717, 1.165) is 19.6 Å². The van der Waals surface area contributed by atoms with Gasteiger partial charge in [0.2, 0.25) is 0 Å². The third-order valence-electron chi connectivity index (χ3n) is 3.78. The fraction of sp³-hybridized carbons (Fsp3) is 0.667. The Morgan fingerprint density at radius 1 is 1.29 bits per heavy atom. The first kappa shape index (κ1) is 16.9. The summed E-state index contributed by atoms with van der Waals surface area (Å²) in [4.78, 5) is 2.59. The zero-order chi connectivity index (χ0) is 15.3. The summed E-state index contributed by atoms with van der Waals surface area (Å²) in [5.74, 6) is 1.96. The van der Waals surface area contributed by atoms with E-state index in [-0.39, 0.29) is 0 Å². The van der Waals surface area contributed by atoms with Crippen molar-refractivity contribution in [2.45, 2.75) is 45.5 Å². The smallest absolute Gasteiger partial charge is 0.0234 e. The molecule has 1 aromatic rings. The van der Waals surface area contributed by atoms with Gasteiger partial charge in [-0.1, -0.05) is 38.1 Å². The lowest BCUT2D eigenvalue weighted by molar-refractivity contribution is 0.252. The second-order valence-electron chi connectivity index (χ2n) is 7.16. The van der Waals surface area contributed by atoms with Crippen LogP contribution in [0.25, 0.3) is 0 Å². The molecule has 2 rings (SSSR count). The van der Waals surface area contributed by atoms with E-state index < -0.39 is 0 Å². The number of benzene rings is 1. The van der Waals surface area contributed by atoms with Gasteiger partial charge in [-0.05, 0) is 37.4 Å². The second-order valence-corrected chi connectivity index (χ2v) is 8.97. The predicted molar refractivity (Wildman–Crippen MR) is 94.8 cm³/mol. The summed E-state index contributed by atoms with van der Waals surface area (Å²) in [5, 5.41) is 3.53. The van der Waals surface area contributed by atoms with E-state index in [1.807, 2.05) is 0 Å². The molecule has 1 saturated heterocycles. The van der Waals surface area contributed by atoms with Gasteiger partial charge in [0, 0.05) is 36.7 Å². The lowest BCUT2D eigenvalue weighted by Crippen LogP contribution is -2.42. The van der Waals surface area contributed by atoms with Crippen LogP contribution in [0.15, 0.2) is 24.3 Å². The van der Waals surface area contributed by atoms with Crippen molar-refractivity contribution in [2.24, 2.45) is 5.92 Å². The van der Waals surface area contributed by atoms with E-state index in [9.17, 15) is 0 Å². The van der Waals surface area contributed by atoms with Crippen molar-refractivity contribution in [2.75, 3.05) is 25.4 Å². The molecule has 0 aliphatic carbocycles. The lowest BCUT2D eigenvalue weighted by Gasteiger charge is -2.37. The molecule has 1 heterocycles. The van der Waals surface area contributed by atoms with Gasteiger partial charge in [-0.3, -0.25) is 4.90 Å². The Bertz CT molecular complexity index is 443. The van der Waals surface area contributed by atoms with Gasteiger partial charge in [0.05, 0.1) is 0 Å². The van der Waals surface area contributed by atoms with E-state index >= 15 is 0 Å². The summed E-state index contributed by atoms with van der Waals surface area (Å²) in [5.41, 5.74) is 2.85. The summed E-state index contributed by atoms with van der Waals surface area (Å²) in [6, 6.07) is 9.06. The molecule has 0 bridgehead atoms. The summed E-state index contributed by atoms with van der Waals surface area (Å²) in [6.45, 7) is 14.8. The molecule has 2 nitrogen and oxygen atoms in total. The van der Waals surface area contributed by atoms with Crippen LogP contribution in [0.5, 0.6) is 0 Å². The van der Waals surface area contributed by atoms with Crippen LogP contribution < -0.4 is 5.32 Å². The van der Waals surface area contributed by atoms with Gasteiger partial charge in [-0.15, -0.1) is 0 Å². The van der Waals surface area contributed by atoms with Crippen molar-refractivity contribution in [3.8, 4) is 0 Å². The van der Waals surface area contributed by atoms with Crippen molar-refractivity contribution in [1.82, 2.24) is 10.2 Å². The maximum Gasteiger partial charge on any atom is 0.0234 e. The van der Waals surface area contributed by atoms with E-state index in [1.54, 1.807) is 0 Å². The number of thioether (sulfide) groups is 1. The zero-order valence-corrected chi connectivity index (χ0v) is 14.8. The molecule has 0 atom stereocenters. The number of rotatable bonds is 6. The van der Waals surface area contributed by atoms with Gasteiger partial charge < -0.3 is 5.32 Å². The molecule has 0 spiro atoms. The van der Waals surface area contributed by atoms with E-state index in [2.05, 4.69) is 73.9 Å². The van der Waals surface area contributed by atoms with Crippen molar-refractivity contribution in [3.05, 3.63) is 35.4 Å². The van der Waals surface area contributed by atoms with Crippen LogP contribution in [0.1, 0.15) is 38.8 Å². The number of hydrogen-bond donors (Lipinski definition) is 1. The molecule has 1 aliphatic rings. The monoisotopic (exact) mass is 306 g/mol. The Morgan fingerprint density at radius 2 is 2.05 bits per heavy atom. The minimum atomic E-state index is 0.398. The van der Waals surface area contributed by atoms with Crippen molar-refractivity contribution < 1.29 is 0 Å². The van der Waals surface area contributed by atoms with Crippen LogP contribution in [0.3, 0.4) is 0 Å². The molecule has 1 aliphatic heterocycles. The maximum absolute atomic E-state index is 3.53. The Kier molecular flexibility index (Phi) is 6.15. The SMILES string of the molecule is CC(C)CNCc1cccc(CN2CCSC(C)(C)C2)c1. The Labute approximate surface area is 134 Å². The highest BCUT2D eigenvalue weighted by atomic mass is 32.2. The fourth-order valence-electron chi connectivity index (χ4n) is 2.85. The van der Waals surface area contributed by atoms with Gasteiger partial charge in [-0.25, -0.2) is 0 Å². The molecule has 0 radical (unpaired) electrons. The van der Waals surface area contributed by atoms with Crippen LogP contribution in [0, 0.1) is 5.92 Å². The first-order chi connectivity index (χ1) is 9.94. The Hall–Kier alpha value is -0.510. The van der Waals surface area contributed by atoms with Crippen molar-refractivity contribution in [1.29, 1.82) is 0 Å². The zero-order valence-electron chi connectivity index (χ0n) is 14.0. The maximum atomic E-state index is 3.53. The van der Waals surface area contributed by atoms with Crippen LogP contribution in [0.4, 0.5) is 0 Å². The van der Waals surface area contributed by atoms with Gasteiger partial charge in [-0.2, -0.15) is 11.8 Å². The first-order valence-electron chi connectivity index (χ1n) is 8.09. The largest absolute Gasteiger partial charge is 0.312 e. The number of hydrogen-bond acceptors (Lipinski definition) is 3. The highest BCUT2D eigenvalue weighted by Crippen LogP contribution is 2.30. The molecule has 21 heavy (non-hydrogen) atoms. The normalized spacial score (nSPS) is 19.1. The van der Waals surface area contributed by atoms with Crippen LogP contribution in [0.2, 0.25) is 0 Å². The summed E-state index contributed by atoms with van der Waals surface area (Å²) in [7, 11) is 0. The number of nitrogens with one attached hydrogen (secondary N) is 1. The van der Waals surface area contributed by atoms with Gasteiger partial charge >= 0.3 is 0 Å². The van der Waals surface area contributed by atoms with Crippen LogP contribution in [-0.2, 0) is 13.1 Å². The fourth-order valence-corrected chi connectivity index (χ4v) is 4.03. The lowest BCUT2D eigenvalue weighted by atomic mass is 10.1. The predicted octanol–water partition coefficient (Wildman–Crippen LogP) is 3.76. The molecular formula is C18H30N2S. The van der Waals surface area contributed by atoms with Gasteiger partial charge in [0.25, 0.3) is 0 Å². The molecule has 0 aromatic heterocycles. The summed E-state index contributed by atoms with van der Waals surface area (Å²) >= 11 is 2.10. The van der Waals surface area contributed by atoms with E-state index in [1.165, 1.54) is 30.0 Å². The van der Waals surface area contributed by atoms with E-state index in [4.69, 9.17) is 0 Å². The van der Waals surface area contributed by atoms with Crippen LogP contribution in [-0.4, -0.2) is 35.0 Å². The average molecular weight is 307 g/mol. The summed E-state index contributed by atoms with van der Waals surface area (Å²) in [6.07, 6.45) is 0. The molecule has 3 heteroatoms. The third kappa shape index (κ3) is 6.01. The molecule has 1 fully saturated rings. The summed E-state index contributed by atoms with van der Waals surface area (Å²) < 4.78 is 0.398. The molecule has 1 N–H and O–H groups in total. The van der Waals surface area contributed by atoms with Gasteiger partial charge in [0.1, 0.15) is 0 Å². The molecule has 0 saturated carbocycles. The molecular weight excluding hydrogens is 276 g/mol. The van der Waals surface area contributed by atoms with Crippen molar-refractivity contribution >= 4 is 11.8 Å². The topological polar surface area (TPSA) is 15.3 Å². The Morgan fingerprint density at radius 3 is 2.76 bits per heavy atom. The molecule has 0 unspecified atom stereocenters. The molecule has 1 aromatic carbocycles. The van der Waals surface area contributed by atoms with Gasteiger partial charge in [0.15, 0.2) is 0 Å². The minimum absolute atomic E-state index is 0.398. The van der Waals surface area contributed by atoms with E-state index in [0.29, 0.717) is 10.7 Å². The highest BCUT2D eigenvalue weighted by Gasteiger charge is 2.26. The average Bonchev–Trinajstić information content (AvgIpc) is 2.37. The highest BCUT2D eigenvalue weighted by molar-refractivity contribution is 8.00.